The Balaban J connectivity index is 1.30. The molecule has 0 saturated carbocycles. The topological polar surface area (TPSA) is 101 Å². The number of piperazine rings is 1. The number of carbonyl (C=O) groups is 1. The molecule has 1 amide bonds. The summed E-state index contributed by atoms with van der Waals surface area (Å²) in [7, 11) is 1.47. The van der Waals surface area contributed by atoms with Gasteiger partial charge in [-0.15, -0.1) is 0 Å². The summed E-state index contributed by atoms with van der Waals surface area (Å²) in [6.45, 7) is 2.04. The van der Waals surface area contributed by atoms with E-state index in [0.29, 0.717) is 59.3 Å². The third-order valence-electron chi connectivity index (χ3n) is 5.67. The summed E-state index contributed by atoms with van der Waals surface area (Å²) in [5.74, 6) is 1.24. The summed E-state index contributed by atoms with van der Waals surface area (Å²) in [4.78, 5) is 27.3. The fourth-order valence-electron chi connectivity index (χ4n) is 3.79. The van der Waals surface area contributed by atoms with Gasteiger partial charge in [0.1, 0.15) is 23.0 Å². The second kappa shape index (κ2) is 11.2. The van der Waals surface area contributed by atoms with Gasteiger partial charge in [0.15, 0.2) is 5.11 Å². The average molecular weight is 527 g/mol. The molecule has 11 heteroatoms. The Morgan fingerprint density at radius 1 is 1.14 bits per heavy atom. The number of nitrogens with zero attached hydrogens (tertiary/aromatic N) is 3. The summed E-state index contributed by atoms with van der Waals surface area (Å²) in [6.07, 6.45) is 2.92. The number of benzene rings is 2. The second-order valence-corrected chi connectivity index (χ2v) is 8.75. The molecular weight excluding hydrogens is 504 g/mol. The number of nitro groups is 1. The molecule has 0 spiro atoms. The maximum atomic E-state index is 12.4. The van der Waals surface area contributed by atoms with Gasteiger partial charge in [-0.05, 0) is 66.8 Å². The first-order chi connectivity index (χ1) is 17.3. The Hall–Kier alpha value is -3.89. The number of rotatable bonds is 6. The van der Waals surface area contributed by atoms with E-state index in [2.05, 4.69) is 5.32 Å². The van der Waals surface area contributed by atoms with Crippen LogP contribution in [0, 0.1) is 10.1 Å². The third-order valence-corrected chi connectivity index (χ3v) is 6.28. The highest BCUT2D eigenvalue weighted by Gasteiger charge is 2.25. The molecule has 1 N–H and O–H groups in total. The molecule has 9 nitrogen and oxygen atoms in total. The number of ether oxygens (including phenoxy) is 1. The van der Waals surface area contributed by atoms with Gasteiger partial charge in [-0.1, -0.05) is 11.6 Å². The molecule has 1 aromatic heterocycles. The van der Waals surface area contributed by atoms with E-state index in [9.17, 15) is 14.9 Å². The predicted octanol–water partition coefficient (Wildman–Crippen LogP) is 4.75. The van der Waals surface area contributed by atoms with Gasteiger partial charge < -0.3 is 19.0 Å². The number of hydrogen-bond acceptors (Lipinski definition) is 7. The SMILES string of the molecule is COc1ccc(N2CCN(C(=S)NC(=O)/C=C/c3ccc(-c4ccc(Cl)cc4)o3)CC2)c([N+](=O)[O-])c1. The van der Waals surface area contributed by atoms with E-state index in [1.807, 2.05) is 28.0 Å². The smallest absolute Gasteiger partial charge is 0.296 e. The summed E-state index contributed by atoms with van der Waals surface area (Å²) >= 11 is 11.3. The van der Waals surface area contributed by atoms with Crippen molar-refractivity contribution in [2.75, 3.05) is 38.2 Å². The second-order valence-electron chi connectivity index (χ2n) is 7.92. The minimum Gasteiger partial charge on any atom is -0.496 e. The van der Waals surface area contributed by atoms with Crippen LogP contribution >= 0.6 is 23.8 Å². The molecule has 0 unspecified atom stereocenters. The molecule has 186 valence electrons. The Morgan fingerprint density at radius 3 is 2.53 bits per heavy atom. The van der Waals surface area contributed by atoms with Crippen LogP contribution in [0.3, 0.4) is 0 Å². The van der Waals surface area contributed by atoms with E-state index in [0.717, 1.165) is 5.56 Å². The lowest BCUT2D eigenvalue weighted by Gasteiger charge is -2.36. The van der Waals surface area contributed by atoms with Crippen LogP contribution in [-0.2, 0) is 4.79 Å². The van der Waals surface area contributed by atoms with E-state index >= 15 is 0 Å². The van der Waals surface area contributed by atoms with E-state index in [-0.39, 0.29) is 11.6 Å². The highest BCUT2D eigenvalue weighted by atomic mass is 35.5. The molecule has 1 fully saturated rings. The standard InChI is InChI=1S/C25H23ClN4O5S/c1-34-20-6-9-21(22(16-20)30(32)33)28-12-14-29(15-13-28)25(36)27-24(31)11-8-19-7-10-23(35-19)17-2-4-18(26)5-3-17/h2-11,16H,12-15H2,1H3,(H,27,31,36)/b11-8+. The number of nitro benzene ring substituents is 1. The van der Waals surface area contributed by atoms with Crippen LogP contribution in [0.2, 0.25) is 5.02 Å². The Labute approximate surface area is 218 Å². The molecule has 2 aromatic carbocycles. The molecule has 1 aliphatic heterocycles. The Morgan fingerprint density at radius 2 is 1.86 bits per heavy atom. The van der Waals surface area contributed by atoms with E-state index in [1.54, 1.807) is 36.4 Å². The summed E-state index contributed by atoms with van der Waals surface area (Å²) < 4.78 is 10.9. The van der Waals surface area contributed by atoms with Gasteiger partial charge in [-0.25, -0.2) is 0 Å². The number of thiocarbonyl (C=S) groups is 1. The van der Waals surface area contributed by atoms with Crippen molar-refractivity contribution in [2.45, 2.75) is 0 Å². The number of halogens is 1. The number of amides is 1. The lowest BCUT2D eigenvalue weighted by molar-refractivity contribution is -0.384. The third kappa shape index (κ3) is 6.02. The molecule has 0 atom stereocenters. The number of hydrogen-bond donors (Lipinski definition) is 1. The molecule has 1 saturated heterocycles. The zero-order chi connectivity index (χ0) is 25.7. The van der Waals surface area contributed by atoms with Gasteiger partial charge >= 0.3 is 0 Å². The number of methoxy groups -OCH3 is 1. The minimum atomic E-state index is -0.418. The molecule has 1 aliphatic rings. The molecule has 36 heavy (non-hydrogen) atoms. The summed E-state index contributed by atoms with van der Waals surface area (Å²) in [6, 6.07) is 15.6. The molecule has 0 radical (unpaired) electrons. The first-order valence-corrected chi connectivity index (χ1v) is 11.8. The van der Waals surface area contributed by atoms with Gasteiger partial charge in [-0.2, -0.15) is 0 Å². The van der Waals surface area contributed by atoms with Gasteiger partial charge in [0.05, 0.1) is 18.1 Å². The first kappa shape index (κ1) is 25.2. The summed E-state index contributed by atoms with van der Waals surface area (Å²) in [5.41, 5.74) is 1.39. The van der Waals surface area contributed by atoms with Crippen molar-refractivity contribution < 1.29 is 18.9 Å². The quantitative estimate of drug-likeness (QED) is 0.212. The molecular formula is C25H23ClN4O5S. The van der Waals surface area contributed by atoms with E-state index in [4.69, 9.17) is 33.0 Å². The van der Waals surface area contributed by atoms with Gasteiger partial charge in [0, 0.05) is 42.8 Å². The zero-order valence-corrected chi connectivity index (χ0v) is 20.9. The molecule has 0 bridgehead atoms. The number of carbonyl (C=O) groups excluding carboxylic acids is 1. The zero-order valence-electron chi connectivity index (χ0n) is 19.3. The largest absolute Gasteiger partial charge is 0.496 e. The molecule has 3 aromatic rings. The van der Waals surface area contributed by atoms with Gasteiger partial charge in [-0.3, -0.25) is 20.2 Å². The van der Waals surface area contributed by atoms with Crippen molar-refractivity contribution in [1.82, 2.24) is 10.2 Å². The maximum absolute atomic E-state index is 12.4. The van der Waals surface area contributed by atoms with Gasteiger partial charge in [0.2, 0.25) is 5.91 Å². The van der Waals surface area contributed by atoms with Crippen LogP contribution in [0.5, 0.6) is 5.75 Å². The highest BCUT2D eigenvalue weighted by molar-refractivity contribution is 7.80. The monoisotopic (exact) mass is 526 g/mol. The van der Waals surface area contributed by atoms with Crippen molar-refractivity contribution in [3.8, 4) is 17.1 Å². The van der Waals surface area contributed by atoms with E-state index < -0.39 is 4.92 Å². The minimum absolute atomic E-state index is 0.0130. The van der Waals surface area contributed by atoms with Crippen LogP contribution in [-0.4, -0.2) is 54.1 Å². The average Bonchev–Trinajstić information content (AvgIpc) is 3.36. The van der Waals surface area contributed by atoms with Crippen LogP contribution in [0.1, 0.15) is 5.76 Å². The van der Waals surface area contributed by atoms with Crippen molar-refractivity contribution in [1.29, 1.82) is 0 Å². The van der Waals surface area contributed by atoms with Crippen molar-refractivity contribution in [3.63, 3.8) is 0 Å². The van der Waals surface area contributed by atoms with Crippen molar-refractivity contribution in [3.05, 3.63) is 81.6 Å². The number of furan rings is 1. The lowest BCUT2D eigenvalue weighted by atomic mass is 10.2. The van der Waals surface area contributed by atoms with Crippen LogP contribution in [0.15, 0.2) is 65.1 Å². The normalized spacial score (nSPS) is 13.6. The van der Waals surface area contributed by atoms with Crippen molar-refractivity contribution >= 4 is 52.3 Å². The lowest BCUT2D eigenvalue weighted by Crippen LogP contribution is -2.52. The van der Waals surface area contributed by atoms with Gasteiger partial charge in [0.25, 0.3) is 5.69 Å². The first-order valence-electron chi connectivity index (χ1n) is 11.0. The van der Waals surface area contributed by atoms with Crippen molar-refractivity contribution in [2.24, 2.45) is 0 Å². The number of anilines is 1. The Bertz CT molecular complexity index is 1300. The fraction of sp³-hybridized carbons (Fsp3) is 0.200. The summed E-state index contributed by atoms with van der Waals surface area (Å²) in [5, 5.41) is 15.1. The predicted molar refractivity (Wildman–Crippen MR) is 142 cm³/mol. The van der Waals surface area contributed by atoms with E-state index in [1.165, 1.54) is 19.3 Å². The fourth-order valence-corrected chi connectivity index (χ4v) is 4.20. The highest BCUT2D eigenvalue weighted by Crippen LogP contribution is 2.32. The molecule has 4 rings (SSSR count). The Kier molecular flexibility index (Phi) is 7.87. The maximum Gasteiger partial charge on any atom is 0.296 e. The van der Waals surface area contributed by atoms with Crippen LogP contribution < -0.4 is 15.0 Å². The molecule has 2 heterocycles. The number of nitrogens with one attached hydrogen (secondary N) is 1. The molecule has 0 aliphatic carbocycles. The van der Waals surface area contributed by atoms with Crippen LogP contribution in [0.25, 0.3) is 17.4 Å². The van der Waals surface area contributed by atoms with Crippen LogP contribution in [0.4, 0.5) is 11.4 Å².